The van der Waals surface area contributed by atoms with Gasteiger partial charge in [-0.3, -0.25) is 9.52 Å². The molecule has 3 rings (SSSR count). The summed E-state index contributed by atoms with van der Waals surface area (Å²) in [6, 6.07) is 9.42. The van der Waals surface area contributed by atoms with Crippen LogP contribution in [0, 0.1) is 5.82 Å². The maximum absolute atomic E-state index is 13.2. The Kier molecular flexibility index (Phi) is 6.22. The molecule has 0 unspecified atom stereocenters. The monoisotopic (exact) mass is 425 g/mol. The van der Waals surface area contributed by atoms with Gasteiger partial charge in [0, 0.05) is 30.9 Å². The maximum atomic E-state index is 13.2. The van der Waals surface area contributed by atoms with Gasteiger partial charge in [-0.2, -0.15) is 0 Å². The molecule has 2 aromatic rings. The molecule has 2 aromatic carbocycles. The van der Waals surface area contributed by atoms with E-state index in [-0.39, 0.29) is 15.8 Å². The number of hydrogen-bond donors (Lipinski definition) is 1. The lowest BCUT2D eigenvalue weighted by molar-refractivity contribution is 0.0763. The summed E-state index contributed by atoms with van der Waals surface area (Å²) in [5, 5.41) is -0.271. The minimum atomic E-state index is -3.92. The van der Waals surface area contributed by atoms with E-state index < -0.39 is 15.8 Å². The van der Waals surface area contributed by atoms with Crippen molar-refractivity contribution in [3.8, 4) is 0 Å². The number of carbonyl (C=O) groups is 1. The molecule has 1 aliphatic heterocycles. The summed E-state index contributed by atoms with van der Waals surface area (Å²) in [5.74, 6) is -0.766. The van der Waals surface area contributed by atoms with Gasteiger partial charge in [-0.25, -0.2) is 12.8 Å². The fourth-order valence-corrected chi connectivity index (χ4v) is 4.30. The van der Waals surface area contributed by atoms with E-state index in [1.165, 1.54) is 12.1 Å². The molecule has 28 heavy (non-hydrogen) atoms. The molecule has 1 aliphatic rings. The summed E-state index contributed by atoms with van der Waals surface area (Å²) in [5.41, 5.74) is 0.796. The molecular weight excluding hydrogens is 405 g/mol. The van der Waals surface area contributed by atoms with Crippen molar-refractivity contribution in [3.63, 3.8) is 0 Å². The van der Waals surface area contributed by atoms with Gasteiger partial charge in [0.2, 0.25) is 0 Å². The predicted molar refractivity (Wildman–Crippen MR) is 107 cm³/mol. The quantitative estimate of drug-likeness (QED) is 0.817. The Hall–Kier alpha value is -2.16. The molecule has 150 valence electrons. The number of nitrogens with zero attached hydrogens (tertiary/aromatic N) is 2. The Morgan fingerprint density at radius 3 is 2.46 bits per heavy atom. The molecule has 1 fully saturated rings. The van der Waals surface area contributed by atoms with E-state index >= 15 is 0 Å². The maximum Gasteiger partial charge on any atom is 0.261 e. The second kappa shape index (κ2) is 8.46. The van der Waals surface area contributed by atoms with E-state index in [2.05, 4.69) is 9.62 Å². The third kappa shape index (κ3) is 4.81. The van der Waals surface area contributed by atoms with Gasteiger partial charge in [-0.1, -0.05) is 11.6 Å². The number of benzene rings is 2. The molecule has 0 aliphatic carbocycles. The van der Waals surface area contributed by atoms with Crippen molar-refractivity contribution in [3.05, 3.63) is 58.9 Å². The van der Waals surface area contributed by atoms with Crippen LogP contribution in [-0.2, 0) is 10.0 Å². The molecule has 1 amide bonds. The number of anilines is 1. The standard InChI is InChI=1S/C19H21ClFN3O3S/c1-23-9-2-10-24(12-11-23)19(25)14-3-5-15(6-4-14)22-28(26,27)16-7-8-18(21)17(20)13-16/h3-8,13,22H,2,9-12H2,1H3. The Morgan fingerprint density at radius 1 is 1.07 bits per heavy atom. The fourth-order valence-electron chi connectivity index (χ4n) is 2.97. The van der Waals surface area contributed by atoms with E-state index in [0.29, 0.717) is 24.3 Å². The molecule has 1 N–H and O–H groups in total. The summed E-state index contributed by atoms with van der Waals surface area (Å²) in [6.45, 7) is 3.14. The molecule has 9 heteroatoms. The van der Waals surface area contributed by atoms with Crippen LogP contribution in [0.5, 0.6) is 0 Å². The number of rotatable bonds is 4. The van der Waals surface area contributed by atoms with Gasteiger partial charge >= 0.3 is 0 Å². The zero-order chi connectivity index (χ0) is 20.3. The molecule has 1 saturated heterocycles. The van der Waals surface area contributed by atoms with Crippen molar-refractivity contribution < 1.29 is 17.6 Å². The molecule has 0 bridgehead atoms. The summed E-state index contributed by atoms with van der Waals surface area (Å²) in [7, 11) is -1.89. The molecule has 0 radical (unpaired) electrons. The highest BCUT2D eigenvalue weighted by molar-refractivity contribution is 7.92. The average molecular weight is 426 g/mol. The smallest absolute Gasteiger partial charge is 0.261 e. The summed E-state index contributed by atoms with van der Waals surface area (Å²) >= 11 is 5.66. The summed E-state index contributed by atoms with van der Waals surface area (Å²) in [4.78, 5) is 16.5. The Labute approximate surface area is 168 Å². The summed E-state index contributed by atoms with van der Waals surface area (Å²) < 4.78 is 40.5. The van der Waals surface area contributed by atoms with E-state index in [4.69, 9.17) is 11.6 Å². The third-order valence-electron chi connectivity index (χ3n) is 4.59. The van der Waals surface area contributed by atoms with Gasteiger partial charge in [0.25, 0.3) is 15.9 Å². The van der Waals surface area contributed by atoms with Crippen LogP contribution in [0.3, 0.4) is 0 Å². The molecule has 0 saturated carbocycles. The number of amides is 1. The lowest BCUT2D eigenvalue weighted by Gasteiger charge is -2.20. The van der Waals surface area contributed by atoms with Crippen LogP contribution in [0.2, 0.25) is 5.02 Å². The third-order valence-corrected chi connectivity index (χ3v) is 6.26. The second-order valence-corrected chi connectivity index (χ2v) is 8.80. The fraction of sp³-hybridized carbons (Fsp3) is 0.316. The van der Waals surface area contributed by atoms with Crippen LogP contribution in [0.15, 0.2) is 47.4 Å². The van der Waals surface area contributed by atoms with Crippen LogP contribution < -0.4 is 4.72 Å². The molecular formula is C19H21ClFN3O3S. The first-order valence-corrected chi connectivity index (χ1v) is 10.7. The lowest BCUT2D eigenvalue weighted by atomic mass is 10.2. The van der Waals surface area contributed by atoms with Crippen molar-refractivity contribution in [1.82, 2.24) is 9.80 Å². The van der Waals surface area contributed by atoms with E-state index in [1.807, 2.05) is 11.9 Å². The van der Waals surface area contributed by atoms with Crippen LogP contribution in [0.25, 0.3) is 0 Å². The van der Waals surface area contributed by atoms with Gasteiger partial charge in [-0.15, -0.1) is 0 Å². The van der Waals surface area contributed by atoms with Gasteiger partial charge < -0.3 is 9.80 Å². The molecule has 0 aromatic heterocycles. The topological polar surface area (TPSA) is 69.7 Å². The van der Waals surface area contributed by atoms with Gasteiger partial charge in [0.1, 0.15) is 5.82 Å². The SMILES string of the molecule is CN1CCCN(C(=O)c2ccc(NS(=O)(=O)c3ccc(F)c(Cl)c3)cc2)CC1. The Balaban J connectivity index is 1.71. The minimum absolute atomic E-state index is 0.0741. The zero-order valence-electron chi connectivity index (χ0n) is 15.4. The minimum Gasteiger partial charge on any atom is -0.337 e. The first-order valence-electron chi connectivity index (χ1n) is 8.82. The first-order chi connectivity index (χ1) is 13.3. The number of likely N-dealkylation sites (N-methyl/N-ethyl adjacent to an activating group) is 1. The number of carbonyl (C=O) groups excluding carboxylic acids is 1. The predicted octanol–water partition coefficient (Wildman–Crippen LogP) is 3.06. The Bertz CT molecular complexity index is 967. The highest BCUT2D eigenvalue weighted by Gasteiger charge is 2.20. The Morgan fingerprint density at radius 2 is 1.79 bits per heavy atom. The number of sulfonamides is 1. The van der Waals surface area contributed by atoms with Crippen molar-refractivity contribution >= 4 is 33.2 Å². The largest absolute Gasteiger partial charge is 0.337 e. The van der Waals surface area contributed by atoms with Crippen LogP contribution in [-0.4, -0.2) is 57.4 Å². The molecule has 0 spiro atoms. The number of halogens is 2. The van der Waals surface area contributed by atoms with Crippen LogP contribution >= 0.6 is 11.6 Å². The van der Waals surface area contributed by atoms with Gasteiger partial charge in [0.15, 0.2) is 0 Å². The highest BCUT2D eigenvalue weighted by Crippen LogP contribution is 2.22. The number of hydrogen-bond acceptors (Lipinski definition) is 4. The van der Waals surface area contributed by atoms with Crippen molar-refractivity contribution in [1.29, 1.82) is 0 Å². The van der Waals surface area contributed by atoms with Crippen molar-refractivity contribution in [2.24, 2.45) is 0 Å². The lowest BCUT2D eigenvalue weighted by Crippen LogP contribution is -2.34. The average Bonchev–Trinajstić information content (AvgIpc) is 2.88. The van der Waals surface area contributed by atoms with Crippen LogP contribution in [0.4, 0.5) is 10.1 Å². The van der Waals surface area contributed by atoms with E-state index in [9.17, 15) is 17.6 Å². The zero-order valence-corrected chi connectivity index (χ0v) is 16.9. The van der Waals surface area contributed by atoms with Gasteiger partial charge in [-0.05, 0) is 62.5 Å². The number of nitrogens with one attached hydrogen (secondary N) is 1. The van der Waals surface area contributed by atoms with Crippen molar-refractivity contribution in [2.45, 2.75) is 11.3 Å². The second-order valence-electron chi connectivity index (χ2n) is 6.71. The van der Waals surface area contributed by atoms with E-state index in [0.717, 1.165) is 37.7 Å². The first kappa shape index (κ1) is 20.6. The molecule has 1 heterocycles. The molecule has 6 nitrogen and oxygen atoms in total. The summed E-state index contributed by atoms with van der Waals surface area (Å²) in [6.07, 6.45) is 0.917. The normalized spacial score (nSPS) is 15.9. The molecule has 0 atom stereocenters. The van der Waals surface area contributed by atoms with Crippen LogP contribution in [0.1, 0.15) is 16.8 Å². The van der Waals surface area contributed by atoms with Crippen molar-refractivity contribution in [2.75, 3.05) is 37.9 Å². The van der Waals surface area contributed by atoms with Gasteiger partial charge in [0.05, 0.1) is 9.92 Å². The highest BCUT2D eigenvalue weighted by atomic mass is 35.5. The van der Waals surface area contributed by atoms with E-state index in [1.54, 1.807) is 12.1 Å².